The quantitative estimate of drug-likeness (QED) is 0.740. The van der Waals surface area contributed by atoms with Crippen LogP contribution in [0.3, 0.4) is 0 Å². The third kappa shape index (κ3) is 2.87. The Kier molecular flexibility index (Phi) is 4.18. The zero-order valence-electron chi connectivity index (χ0n) is 13.7. The maximum absolute atomic E-state index is 11.5. The Morgan fingerprint density at radius 1 is 1.30 bits per heavy atom. The molecular weight excluding hydrogens is 251 g/mol. The van der Waals surface area contributed by atoms with Crippen LogP contribution >= 0.6 is 0 Å². The summed E-state index contributed by atoms with van der Waals surface area (Å²) in [6.45, 7) is 12.1. The summed E-state index contributed by atoms with van der Waals surface area (Å²) < 4.78 is 12.2. The van der Waals surface area contributed by atoms with Crippen molar-refractivity contribution in [3.8, 4) is 0 Å². The van der Waals surface area contributed by atoms with E-state index in [1.54, 1.807) is 6.92 Å². The van der Waals surface area contributed by atoms with Crippen LogP contribution in [-0.2, 0) is 14.1 Å². The molecule has 2 aliphatic rings. The molecule has 0 bridgehead atoms. The number of hydrogen-bond acceptors (Lipinski definition) is 3. The van der Waals surface area contributed by atoms with Crippen molar-refractivity contribution in [3.05, 3.63) is 11.5 Å². The predicted octanol–water partition coefficient (Wildman–Crippen LogP) is 3.57. The maximum atomic E-state index is 11.5. The first kappa shape index (κ1) is 15.8. The van der Waals surface area contributed by atoms with Gasteiger partial charge in [-0.2, -0.15) is 0 Å². The highest BCUT2D eigenvalue weighted by Crippen LogP contribution is 2.41. The third-order valence-electron chi connectivity index (χ3n) is 5.39. The van der Waals surface area contributed by atoms with Gasteiger partial charge in [-0.3, -0.25) is 4.79 Å². The molecule has 0 aromatic rings. The summed E-state index contributed by atoms with van der Waals surface area (Å²) in [6, 6.07) is 0. The standard InChI is InChI=1S/C16H27BO3/c1-11(12(2)18)13-7-9-14(10-8-13)17-19-15(3,4)16(5,6)20-17/h9,11,13H,7-8,10H2,1-6H3. The van der Waals surface area contributed by atoms with E-state index in [0.717, 1.165) is 19.3 Å². The van der Waals surface area contributed by atoms with Crippen molar-refractivity contribution in [2.24, 2.45) is 11.8 Å². The molecule has 112 valence electrons. The predicted molar refractivity (Wildman–Crippen MR) is 81.4 cm³/mol. The van der Waals surface area contributed by atoms with Gasteiger partial charge in [-0.05, 0) is 65.3 Å². The van der Waals surface area contributed by atoms with Crippen molar-refractivity contribution in [2.45, 2.75) is 72.0 Å². The lowest BCUT2D eigenvalue weighted by Crippen LogP contribution is -2.41. The first-order chi connectivity index (χ1) is 9.14. The molecule has 0 saturated carbocycles. The van der Waals surface area contributed by atoms with E-state index in [4.69, 9.17) is 9.31 Å². The monoisotopic (exact) mass is 278 g/mol. The zero-order valence-corrected chi connectivity index (χ0v) is 13.7. The summed E-state index contributed by atoms with van der Waals surface area (Å²) in [6.07, 6.45) is 5.21. The molecule has 1 fully saturated rings. The number of carbonyl (C=O) groups is 1. The SMILES string of the molecule is CC(=O)C(C)C1CC=C(B2OC(C)(C)C(C)(C)O2)CC1. The number of carbonyl (C=O) groups excluding carboxylic acids is 1. The highest BCUT2D eigenvalue weighted by Gasteiger charge is 2.52. The fraction of sp³-hybridized carbons (Fsp3) is 0.812. The Labute approximate surface area is 123 Å². The van der Waals surface area contributed by atoms with Crippen LogP contribution in [0.1, 0.15) is 60.8 Å². The van der Waals surface area contributed by atoms with Gasteiger partial charge in [0.15, 0.2) is 0 Å². The molecule has 0 amide bonds. The summed E-state index contributed by atoms with van der Waals surface area (Å²) in [4.78, 5) is 11.5. The van der Waals surface area contributed by atoms with E-state index >= 15 is 0 Å². The largest absolute Gasteiger partial charge is 0.490 e. The van der Waals surface area contributed by atoms with Crippen LogP contribution in [0.5, 0.6) is 0 Å². The number of allylic oxidation sites excluding steroid dienone is 2. The Morgan fingerprint density at radius 2 is 1.85 bits per heavy atom. The molecule has 4 heteroatoms. The topological polar surface area (TPSA) is 35.5 Å². The minimum atomic E-state index is -0.276. The van der Waals surface area contributed by atoms with Crippen molar-refractivity contribution in [2.75, 3.05) is 0 Å². The van der Waals surface area contributed by atoms with Gasteiger partial charge in [-0.25, -0.2) is 0 Å². The summed E-state index contributed by atoms with van der Waals surface area (Å²) >= 11 is 0. The highest BCUT2D eigenvalue weighted by molar-refractivity contribution is 6.54. The highest BCUT2D eigenvalue weighted by atomic mass is 16.7. The van der Waals surface area contributed by atoms with Gasteiger partial charge in [0.05, 0.1) is 11.2 Å². The Hall–Kier alpha value is -0.605. The van der Waals surface area contributed by atoms with E-state index < -0.39 is 0 Å². The smallest absolute Gasteiger partial charge is 0.400 e. The van der Waals surface area contributed by atoms with Crippen LogP contribution < -0.4 is 0 Å². The lowest BCUT2D eigenvalue weighted by molar-refractivity contribution is -0.121. The first-order valence-corrected chi connectivity index (χ1v) is 7.69. The fourth-order valence-electron chi connectivity index (χ4n) is 2.87. The lowest BCUT2D eigenvalue weighted by atomic mass is 9.68. The van der Waals surface area contributed by atoms with Crippen molar-refractivity contribution in [1.82, 2.24) is 0 Å². The van der Waals surface area contributed by atoms with Gasteiger partial charge in [0.2, 0.25) is 0 Å². The van der Waals surface area contributed by atoms with E-state index in [1.165, 1.54) is 5.47 Å². The first-order valence-electron chi connectivity index (χ1n) is 7.69. The third-order valence-corrected chi connectivity index (χ3v) is 5.39. The van der Waals surface area contributed by atoms with Gasteiger partial charge in [-0.15, -0.1) is 0 Å². The summed E-state index contributed by atoms with van der Waals surface area (Å²) in [5.41, 5.74) is 0.694. The second-order valence-corrected chi connectivity index (χ2v) is 7.30. The second-order valence-electron chi connectivity index (χ2n) is 7.30. The molecule has 1 aliphatic heterocycles. The van der Waals surface area contributed by atoms with Crippen LogP contribution in [-0.4, -0.2) is 24.1 Å². The minimum Gasteiger partial charge on any atom is -0.400 e. The average Bonchev–Trinajstić information content (AvgIpc) is 2.57. The van der Waals surface area contributed by atoms with Crippen LogP contribution in [0.15, 0.2) is 11.5 Å². The van der Waals surface area contributed by atoms with Crippen molar-refractivity contribution >= 4 is 12.9 Å². The normalized spacial score (nSPS) is 30.0. The molecule has 2 unspecified atom stereocenters. The number of Topliss-reactive ketones (excluding diaryl/α,β-unsaturated/α-hetero) is 1. The van der Waals surface area contributed by atoms with E-state index in [2.05, 4.69) is 33.8 Å². The Balaban J connectivity index is 2.02. The van der Waals surface area contributed by atoms with Gasteiger partial charge in [-0.1, -0.05) is 13.0 Å². The van der Waals surface area contributed by atoms with E-state index in [-0.39, 0.29) is 24.2 Å². The Bertz CT molecular complexity index is 409. The van der Waals surface area contributed by atoms with E-state index in [9.17, 15) is 4.79 Å². The number of ketones is 1. The Morgan fingerprint density at radius 3 is 2.25 bits per heavy atom. The molecule has 1 heterocycles. The van der Waals surface area contributed by atoms with Crippen molar-refractivity contribution < 1.29 is 14.1 Å². The summed E-state index contributed by atoms with van der Waals surface area (Å²) in [5.74, 6) is 0.923. The van der Waals surface area contributed by atoms with Crippen LogP contribution in [0.4, 0.5) is 0 Å². The lowest BCUT2D eigenvalue weighted by Gasteiger charge is -2.32. The maximum Gasteiger partial charge on any atom is 0.490 e. The van der Waals surface area contributed by atoms with Crippen LogP contribution in [0, 0.1) is 11.8 Å². The van der Waals surface area contributed by atoms with Crippen LogP contribution in [0.2, 0.25) is 0 Å². The minimum absolute atomic E-state index is 0.158. The molecule has 0 N–H and O–H groups in total. The van der Waals surface area contributed by atoms with Gasteiger partial charge < -0.3 is 9.31 Å². The average molecular weight is 278 g/mol. The molecular formula is C16H27BO3. The molecule has 1 aliphatic carbocycles. The molecule has 0 radical (unpaired) electrons. The molecule has 3 nitrogen and oxygen atoms in total. The number of rotatable bonds is 3. The molecule has 0 spiro atoms. The molecule has 0 aromatic heterocycles. The fourth-order valence-corrected chi connectivity index (χ4v) is 2.87. The summed E-state index contributed by atoms with van der Waals surface area (Å²) in [5, 5.41) is 0. The molecule has 2 atom stereocenters. The van der Waals surface area contributed by atoms with E-state index in [1.807, 2.05) is 6.92 Å². The molecule has 0 aromatic carbocycles. The molecule has 1 saturated heterocycles. The van der Waals surface area contributed by atoms with Gasteiger partial charge in [0, 0.05) is 5.92 Å². The van der Waals surface area contributed by atoms with Gasteiger partial charge in [0.1, 0.15) is 5.78 Å². The van der Waals surface area contributed by atoms with Gasteiger partial charge >= 0.3 is 7.12 Å². The van der Waals surface area contributed by atoms with Crippen LogP contribution in [0.25, 0.3) is 0 Å². The summed E-state index contributed by atoms with van der Waals surface area (Å²) in [7, 11) is -0.214. The van der Waals surface area contributed by atoms with E-state index in [0.29, 0.717) is 11.7 Å². The second kappa shape index (κ2) is 5.30. The number of hydrogen-bond donors (Lipinski definition) is 0. The van der Waals surface area contributed by atoms with Gasteiger partial charge in [0.25, 0.3) is 0 Å². The van der Waals surface area contributed by atoms with Crippen molar-refractivity contribution in [1.29, 1.82) is 0 Å². The zero-order chi connectivity index (χ0) is 15.1. The molecule has 20 heavy (non-hydrogen) atoms. The van der Waals surface area contributed by atoms with Crippen molar-refractivity contribution in [3.63, 3.8) is 0 Å². The molecule has 2 rings (SSSR count).